The van der Waals surface area contributed by atoms with Crippen LogP contribution in [0.25, 0.3) is 0 Å². The maximum Gasteiger partial charge on any atom is 0.216 e. The zero-order valence-corrected chi connectivity index (χ0v) is 12.2. The third kappa shape index (κ3) is 4.93. The molecule has 2 aromatic carbocycles. The van der Waals surface area contributed by atoms with Gasteiger partial charge in [-0.3, -0.25) is 0 Å². The molecule has 21 heavy (non-hydrogen) atoms. The van der Waals surface area contributed by atoms with Crippen LogP contribution in [0.3, 0.4) is 0 Å². The highest BCUT2D eigenvalue weighted by molar-refractivity contribution is 7.88. The first-order chi connectivity index (χ1) is 9.98. The molecule has 2 aromatic rings. The first-order valence-electron chi connectivity index (χ1n) is 6.48. The van der Waals surface area contributed by atoms with Gasteiger partial charge in [0.15, 0.2) is 0 Å². The highest BCUT2D eigenvalue weighted by atomic mass is 32.2. The van der Waals surface area contributed by atoms with Gasteiger partial charge in [-0.05, 0) is 28.8 Å². The van der Waals surface area contributed by atoms with Crippen LogP contribution in [0, 0.1) is 5.82 Å². The molecule has 0 aromatic heterocycles. The molecule has 0 saturated carbocycles. The molecule has 112 valence electrons. The first-order valence-corrected chi connectivity index (χ1v) is 8.13. The molecule has 0 amide bonds. The molecule has 4 nitrogen and oxygen atoms in total. The zero-order chi connectivity index (χ0) is 15.3. The van der Waals surface area contributed by atoms with E-state index in [0.717, 1.165) is 5.56 Å². The Kier molecular flexibility index (Phi) is 5.06. The fourth-order valence-electron chi connectivity index (χ4n) is 1.88. The summed E-state index contributed by atoms with van der Waals surface area (Å²) in [5.41, 5.74) is 7.70. The van der Waals surface area contributed by atoms with E-state index in [4.69, 9.17) is 5.73 Å². The van der Waals surface area contributed by atoms with Gasteiger partial charge in [0, 0.05) is 13.1 Å². The minimum atomic E-state index is -3.47. The van der Waals surface area contributed by atoms with Crippen LogP contribution in [-0.2, 0) is 28.9 Å². The molecule has 6 heteroatoms. The van der Waals surface area contributed by atoms with Crippen LogP contribution in [0.4, 0.5) is 4.39 Å². The normalized spacial score (nSPS) is 11.5. The van der Waals surface area contributed by atoms with E-state index in [9.17, 15) is 12.8 Å². The number of sulfonamides is 1. The largest absolute Gasteiger partial charge is 0.326 e. The minimum Gasteiger partial charge on any atom is -0.326 e. The summed E-state index contributed by atoms with van der Waals surface area (Å²) in [7, 11) is -3.47. The Bertz CT molecular complexity index is 700. The fraction of sp³-hybridized carbons (Fsp3) is 0.200. The van der Waals surface area contributed by atoms with Gasteiger partial charge in [-0.1, -0.05) is 36.4 Å². The standard InChI is InChI=1S/C15H17FN2O2S/c16-15-3-1-2-14(8-15)10-18-21(19,20)11-13-6-4-12(9-17)5-7-13/h1-8,18H,9-11,17H2. The summed E-state index contributed by atoms with van der Waals surface area (Å²) in [6.45, 7) is 0.492. The predicted molar refractivity (Wildman–Crippen MR) is 80.2 cm³/mol. The lowest BCUT2D eigenvalue weighted by Gasteiger charge is -2.07. The van der Waals surface area contributed by atoms with Crippen molar-refractivity contribution >= 4 is 10.0 Å². The van der Waals surface area contributed by atoms with Gasteiger partial charge in [-0.25, -0.2) is 17.5 Å². The molecular weight excluding hydrogens is 291 g/mol. The average molecular weight is 308 g/mol. The summed E-state index contributed by atoms with van der Waals surface area (Å²) in [5, 5.41) is 0. The minimum absolute atomic E-state index is 0.0704. The molecular formula is C15H17FN2O2S. The van der Waals surface area contributed by atoms with Crippen molar-refractivity contribution in [3.8, 4) is 0 Å². The number of halogens is 1. The Labute approximate surface area is 123 Å². The molecule has 0 aliphatic rings. The number of rotatable bonds is 6. The lowest BCUT2D eigenvalue weighted by atomic mass is 10.1. The van der Waals surface area contributed by atoms with Crippen molar-refractivity contribution in [1.82, 2.24) is 4.72 Å². The van der Waals surface area contributed by atoms with E-state index in [1.165, 1.54) is 12.1 Å². The van der Waals surface area contributed by atoms with Gasteiger partial charge in [0.05, 0.1) is 5.75 Å². The van der Waals surface area contributed by atoms with Crippen LogP contribution in [0.15, 0.2) is 48.5 Å². The van der Waals surface area contributed by atoms with Gasteiger partial charge in [0.25, 0.3) is 0 Å². The van der Waals surface area contributed by atoms with E-state index >= 15 is 0 Å². The maximum absolute atomic E-state index is 13.0. The van der Waals surface area contributed by atoms with Gasteiger partial charge < -0.3 is 5.73 Å². The second kappa shape index (κ2) is 6.80. The summed E-state index contributed by atoms with van der Waals surface area (Å²) >= 11 is 0. The van der Waals surface area contributed by atoms with E-state index in [1.807, 2.05) is 0 Å². The Morgan fingerprint density at radius 3 is 2.29 bits per heavy atom. The van der Waals surface area contributed by atoms with Crippen LogP contribution in [0.2, 0.25) is 0 Å². The molecule has 0 atom stereocenters. The summed E-state index contributed by atoms with van der Waals surface area (Å²) in [6.07, 6.45) is 0. The molecule has 0 aliphatic carbocycles. The lowest BCUT2D eigenvalue weighted by molar-refractivity contribution is 0.579. The van der Waals surface area contributed by atoms with Crippen LogP contribution in [0.5, 0.6) is 0 Å². The Morgan fingerprint density at radius 1 is 1.00 bits per heavy atom. The number of hydrogen-bond acceptors (Lipinski definition) is 3. The Hall–Kier alpha value is -1.76. The van der Waals surface area contributed by atoms with E-state index in [1.54, 1.807) is 36.4 Å². The molecule has 0 bridgehead atoms. The maximum atomic E-state index is 13.0. The molecule has 0 saturated heterocycles. The van der Waals surface area contributed by atoms with Crippen LogP contribution < -0.4 is 10.5 Å². The zero-order valence-electron chi connectivity index (χ0n) is 11.4. The molecule has 0 aliphatic heterocycles. The van der Waals surface area contributed by atoms with Crippen molar-refractivity contribution in [3.63, 3.8) is 0 Å². The number of hydrogen-bond donors (Lipinski definition) is 2. The highest BCUT2D eigenvalue weighted by Gasteiger charge is 2.11. The van der Waals surface area contributed by atoms with E-state index in [2.05, 4.69) is 4.72 Å². The van der Waals surface area contributed by atoms with Crippen LogP contribution >= 0.6 is 0 Å². The summed E-state index contributed by atoms with van der Waals surface area (Å²) in [4.78, 5) is 0. The van der Waals surface area contributed by atoms with Gasteiger partial charge in [-0.15, -0.1) is 0 Å². The molecule has 0 spiro atoms. The second-order valence-electron chi connectivity index (χ2n) is 4.73. The summed E-state index contributed by atoms with van der Waals surface area (Å²) in [6, 6.07) is 12.9. The quantitative estimate of drug-likeness (QED) is 0.856. The molecule has 0 unspecified atom stereocenters. The first kappa shape index (κ1) is 15.6. The van der Waals surface area contributed by atoms with Gasteiger partial charge >= 0.3 is 0 Å². The predicted octanol–water partition coefficient (Wildman–Crippen LogP) is 1.90. The second-order valence-corrected chi connectivity index (χ2v) is 6.54. The summed E-state index contributed by atoms with van der Waals surface area (Å²) < 4.78 is 39.4. The molecule has 3 N–H and O–H groups in total. The van der Waals surface area contributed by atoms with Crippen molar-refractivity contribution in [1.29, 1.82) is 0 Å². The monoisotopic (exact) mass is 308 g/mol. The number of nitrogens with two attached hydrogens (primary N) is 1. The lowest BCUT2D eigenvalue weighted by Crippen LogP contribution is -2.24. The van der Waals surface area contributed by atoms with Crippen LogP contribution in [0.1, 0.15) is 16.7 Å². The van der Waals surface area contributed by atoms with E-state index in [-0.39, 0.29) is 18.1 Å². The fourth-order valence-corrected chi connectivity index (χ4v) is 3.00. The van der Waals surface area contributed by atoms with Crippen molar-refractivity contribution in [3.05, 3.63) is 71.0 Å². The summed E-state index contributed by atoms with van der Waals surface area (Å²) in [5.74, 6) is -0.503. The van der Waals surface area contributed by atoms with Gasteiger partial charge in [-0.2, -0.15) is 0 Å². The van der Waals surface area contributed by atoms with Crippen LogP contribution in [-0.4, -0.2) is 8.42 Å². The molecule has 2 rings (SSSR count). The van der Waals surface area contributed by atoms with Crippen molar-refractivity contribution in [2.45, 2.75) is 18.8 Å². The van der Waals surface area contributed by atoms with Gasteiger partial charge in [0.1, 0.15) is 5.82 Å². The Balaban J connectivity index is 1.98. The number of nitrogens with one attached hydrogen (secondary N) is 1. The average Bonchev–Trinajstić information content (AvgIpc) is 2.46. The number of benzene rings is 2. The third-order valence-electron chi connectivity index (χ3n) is 3.00. The van der Waals surface area contributed by atoms with Crippen molar-refractivity contribution in [2.24, 2.45) is 5.73 Å². The molecule has 0 radical (unpaired) electrons. The van der Waals surface area contributed by atoms with Crippen molar-refractivity contribution in [2.75, 3.05) is 0 Å². The van der Waals surface area contributed by atoms with Gasteiger partial charge in [0.2, 0.25) is 10.0 Å². The topological polar surface area (TPSA) is 72.2 Å². The van der Waals surface area contributed by atoms with E-state index < -0.39 is 10.0 Å². The smallest absolute Gasteiger partial charge is 0.216 e. The Morgan fingerprint density at radius 2 is 1.67 bits per heavy atom. The molecule has 0 fully saturated rings. The van der Waals surface area contributed by atoms with E-state index in [0.29, 0.717) is 17.7 Å². The molecule has 0 heterocycles. The SMILES string of the molecule is NCc1ccc(CS(=O)(=O)NCc2cccc(F)c2)cc1. The van der Waals surface area contributed by atoms with Crippen molar-refractivity contribution < 1.29 is 12.8 Å². The third-order valence-corrected chi connectivity index (χ3v) is 4.30. The highest BCUT2D eigenvalue weighted by Crippen LogP contribution is 2.09.